The Morgan fingerprint density at radius 1 is 1.40 bits per heavy atom. The number of carbonyl (C=O) groups excluding carboxylic acids is 1. The molecule has 2 atom stereocenters. The Kier molecular flexibility index (Phi) is 3.44. The van der Waals surface area contributed by atoms with Gasteiger partial charge in [0.1, 0.15) is 0 Å². The molecule has 1 aromatic heterocycles. The first kappa shape index (κ1) is 13.4. The first-order valence-corrected chi connectivity index (χ1v) is 9.60. The third-order valence-electron chi connectivity index (χ3n) is 4.92. The van der Waals surface area contributed by atoms with Crippen molar-refractivity contribution in [1.29, 1.82) is 0 Å². The highest BCUT2D eigenvalue weighted by molar-refractivity contribution is 7.99. The van der Waals surface area contributed by atoms with Crippen LogP contribution in [0.15, 0.2) is 6.07 Å². The summed E-state index contributed by atoms with van der Waals surface area (Å²) in [5, 5.41) is 0. The minimum Gasteiger partial charge on any atom is -0.374 e. The van der Waals surface area contributed by atoms with E-state index in [4.69, 9.17) is 4.74 Å². The number of hydrogen-bond acceptors (Lipinski definition) is 4. The second-order valence-electron chi connectivity index (χ2n) is 6.30. The molecular formula is C16H20O2S2. The van der Waals surface area contributed by atoms with Gasteiger partial charge in [0.2, 0.25) is 0 Å². The van der Waals surface area contributed by atoms with Crippen LogP contribution in [0, 0.1) is 5.92 Å². The second kappa shape index (κ2) is 5.15. The largest absolute Gasteiger partial charge is 0.374 e. The fraction of sp³-hybridized carbons (Fsp3) is 0.688. The van der Waals surface area contributed by atoms with E-state index in [1.54, 1.807) is 11.3 Å². The van der Waals surface area contributed by atoms with Gasteiger partial charge < -0.3 is 4.74 Å². The van der Waals surface area contributed by atoms with Crippen LogP contribution in [0.2, 0.25) is 0 Å². The van der Waals surface area contributed by atoms with Crippen LogP contribution in [-0.2, 0) is 17.6 Å². The maximum atomic E-state index is 12.8. The molecule has 0 N–H and O–H groups in total. The highest BCUT2D eigenvalue weighted by atomic mass is 32.2. The fourth-order valence-electron chi connectivity index (χ4n) is 3.77. The van der Waals surface area contributed by atoms with E-state index in [-0.39, 0.29) is 11.5 Å². The number of hydrogen-bond donors (Lipinski definition) is 0. The predicted molar refractivity (Wildman–Crippen MR) is 84.0 cm³/mol. The molecule has 2 unspecified atom stereocenters. The number of Topliss-reactive ketones (excluding diaryl/α,β-unsaturated/α-hetero) is 1. The predicted octanol–water partition coefficient (Wildman–Crippen LogP) is 3.72. The summed E-state index contributed by atoms with van der Waals surface area (Å²) < 4.78 is 6.03. The van der Waals surface area contributed by atoms with Crippen LogP contribution in [0.25, 0.3) is 0 Å². The van der Waals surface area contributed by atoms with Crippen molar-refractivity contribution in [1.82, 2.24) is 0 Å². The van der Waals surface area contributed by atoms with Gasteiger partial charge in [-0.3, -0.25) is 4.79 Å². The highest BCUT2D eigenvalue weighted by Gasteiger charge is 2.42. The zero-order valence-corrected chi connectivity index (χ0v) is 13.3. The Labute approximate surface area is 128 Å². The summed E-state index contributed by atoms with van der Waals surface area (Å²) in [6.07, 6.45) is 6.61. The van der Waals surface area contributed by atoms with Crippen molar-refractivity contribution in [3.8, 4) is 0 Å². The van der Waals surface area contributed by atoms with Gasteiger partial charge in [0.15, 0.2) is 5.78 Å². The standard InChI is InChI=1S/C16H20O2S2/c17-15(14-8-11-2-1-3-13(11)20-14)12-4-6-18-16(9-12)5-7-19-10-16/h8,12H,1-7,9-10H2. The molecule has 2 aliphatic heterocycles. The average molecular weight is 308 g/mol. The number of carbonyl (C=O) groups is 1. The van der Waals surface area contributed by atoms with Crippen molar-refractivity contribution in [2.45, 2.75) is 44.1 Å². The number of ketones is 1. The number of thioether (sulfide) groups is 1. The quantitative estimate of drug-likeness (QED) is 0.779. The molecule has 0 bridgehead atoms. The van der Waals surface area contributed by atoms with Gasteiger partial charge in [-0.25, -0.2) is 0 Å². The molecule has 4 heteroatoms. The maximum Gasteiger partial charge on any atom is 0.176 e. The van der Waals surface area contributed by atoms with Gasteiger partial charge in [-0.2, -0.15) is 11.8 Å². The molecule has 108 valence electrons. The van der Waals surface area contributed by atoms with E-state index >= 15 is 0 Å². The van der Waals surface area contributed by atoms with Gasteiger partial charge in [0, 0.05) is 23.2 Å². The number of fused-ring (bicyclic) bond motifs is 1. The molecule has 2 nitrogen and oxygen atoms in total. The zero-order chi connectivity index (χ0) is 13.6. The highest BCUT2D eigenvalue weighted by Crippen LogP contribution is 2.42. The third kappa shape index (κ3) is 2.26. The summed E-state index contributed by atoms with van der Waals surface area (Å²) in [6, 6.07) is 2.18. The number of thiophene rings is 1. The summed E-state index contributed by atoms with van der Waals surface area (Å²) in [4.78, 5) is 15.3. The van der Waals surface area contributed by atoms with Crippen LogP contribution in [0.3, 0.4) is 0 Å². The Bertz CT molecular complexity index is 507. The van der Waals surface area contributed by atoms with Crippen LogP contribution in [0.4, 0.5) is 0 Å². The molecule has 0 amide bonds. The lowest BCUT2D eigenvalue weighted by Gasteiger charge is -2.37. The molecule has 1 spiro atoms. The summed E-state index contributed by atoms with van der Waals surface area (Å²) in [6.45, 7) is 0.766. The maximum absolute atomic E-state index is 12.8. The number of aryl methyl sites for hydroxylation is 2. The first-order valence-electron chi connectivity index (χ1n) is 7.63. The van der Waals surface area contributed by atoms with E-state index in [2.05, 4.69) is 6.07 Å². The van der Waals surface area contributed by atoms with Crippen LogP contribution < -0.4 is 0 Å². The van der Waals surface area contributed by atoms with Gasteiger partial charge in [-0.1, -0.05) is 0 Å². The molecule has 3 aliphatic rings. The Balaban J connectivity index is 1.52. The minimum atomic E-state index is 0.0171. The molecule has 4 rings (SSSR count). The summed E-state index contributed by atoms with van der Waals surface area (Å²) in [5.74, 6) is 2.86. The molecule has 0 radical (unpaired) electrons. The SMILES string of the molecule is O=C(c1cc2c(s1)CCC2)C1CCOC2(CCSC2)C1. The normalized spacial score (nSPS) is 32.7. The minimum absolute atomic E-state index is 0.0171. The Morgan fingerprint density at radius 2 is 2.35 bits per heavy atom. The van der Waals surface area contributed by atoms with Crippen molar-refractivity contribution in [3.05, 3.63) is 21.4 Å². The molecule has 2 fully saturated rings. The lowest BCUT2D eigenvalue weighted by atomic mass is 9.82. The Hall–Kier alpha value is -0.320. The summed E-state index contributed by atoms with van der Waals surface area (Å²) in [5.41, 5.74) is 1.46. The van der Waals surface area contributed by atoms with Crippen molar-refractivity contribution in [3.63, 3.8) is 0 Å². The average Bonchev–Trinajstić information content (AvgIpc) is 3.13. The molecule has 0 saturated carbocycles. The molecular weight excluding hydrogens is 288 g/mol. The topological polar surface area (TPSA) is 26.3 Å². The summed E-state index contributed by atoms with van der Waals surface area (Å²) in [7, 11) is 0. The molecule has 1 aliphatic carbocycles. The first-order chi connectivity index (χ1) is 9.76. The van der Waals surface area contributed by atoms with Crippen molar-refractivity contribution >= 4 is 28.9 Å². The van der Waals surface area contributed by atoms with Crippen LogP contribution in [-0.4, -0.2) is 29.5 Å². The number of rotatable bonds is 2. The van der Waals surface area contributed by atoms with E-state index in [0.29, 0.717) is 5.78 Å². The lowest BCUT2D eigenvalue weighted by Crippen LogP contribution is -2.41. The molecule has 1 aromatic rings. The van der Waals surface area contributed by atoms with E-state index in [0.717, 1.165) is 36.5 Å². The zero-order valence-electron chi connectivity index (χ0n) is 11.7. The third-order valence-corrected chi connectivity index (χ3v) is 7.40. The molecule has 0 aromatic carbocycles. The smallest absolute Gasteiger partial charge is 0.176 e. The number of ether oxygens (including phenoxy) is 1. The molecule has 2 saturated heterocycles. The van der Waals surface area contributed by atoms with Crippen LogP contribution in [0.1, 0.15) is 45.8 Å². The lowest BCUT2D eigenvalue weighted by molar-refractivity contribution is -0.0734. The van der Waals surface area contributed by atoms with Crippen molar-refractivity contribution < 1.29 is 9.53 Å². The second-order valence-corrected chi connectivity index (χ2v) is 8.54. The fourth-order valence-corrected chi connectivity index (χ4v) is 6.42. The van der Waals surface area contributed by atoms with Gasteiger partial charge in [0.25, 0.3) is 0 Å². The monoisotopic (exact) mass is 308 g/mol. The Morgan fingerprint density at radius 3 is 3.15 bits per heavy atom. The van der Waals surface area contributed by atoms with Gasteiger partial charge >= 0.3 is 0 Å². The van der Waals surface area contributed by atoms with E-state index in [1.807, 2.05) is 11.8 Å². The van der Waals surface area contributed by atoms with Crippen LogP contribution in [0.5, 0.6) is 0 Å². The van der Waals surface area contributed by atoms with Crippen molar-refractivity contribution in [2.75, 3.05) is 18.1 Å². The van der Waals surface area contributed by atoms with Gasteiger partial charge in [-0.15, -0.1) is 11.3 Å². The summed E-state index contributed by atoms with van der Waals surface area (Å²) >= 11 is 3.73. The molecule has 3 heterocycles. The van der Waals surface area contributed by atoms with E-state index in [9.17, 15) is 4.79 Å². The van der Waals surface area contributed by atoms with Gasteiger partial charge in [0.05, 0.1) is 10.5 Å². The van der Waals surface area contributed by atoms with Gasteiger partial charge in [-0.05, 0) is 55.9 Å². The van der Waals surface area contributed by atoms with Crippen LogP contribution >= 0.6 is 23.1 Å². The van der Waals surface area contributed by atoms with E-state index < -0.39 is 0 Å². The van der Waals surface area contributed by atoms with Crippen molar-refractivity contribution in [2.24, 2.45) is 5.92 Å². The molecule has 20 heavy (non-hydrogen) atoms. The van der Waals surface area contributed by atoms with E-state index in [1.165, 1.54) is 35.5 Å².